The van der Waals surface area contributed by atoms with E-state index in [1.54, 1.807) is 11.8 Å². The van der Waals surface area contributed by atoms with Gasteiger partial charge in [0.25, 0.3) is 5.56 Å². The first-order valence-corrected chi connectivity index (χ1v) is 10.6. The summed E-state index contributed by atoms with van der Waals surface area (Å²) in [4.78, 5) is 16.2. The van der Waals surface area contributed by atoms with E-state index >= 15 is 0 Å². The molecule has 1 aliphatic rings. The summed E-state index contributed by atoms with van der Waals surface area (Å²) in [5, 5.41) is 1.65. The Morgan fingerprint density at radius 1 is 1.21 bits per heavy atom. The fraction of sp³-hybridized carbons (Fsp3) is 0.200. The van der Waals surface area contributed by atoms with Crippen LogP contribution in [0, 0.1) is 0 Å². The SMILES string of the molecule is CCn1c(=O)/c(=C2\Sc3c(Cl)cccc3N2C)s/c1=C\c1cccc[n+]1C.[Cl-]. The maximum absolute atomic E-state index is 13.1. The van der Waals surface area contributed by atoms with Crippen molar-refractivity contribution in [2.45, 2.75) is 18.4 Å². The van der Waals surface area contributed by atoms with Crippen LogP contribution in [0.5, 0.6) is 0 Å². The first-order chi connectivity index (χ1) is 13.0. The van der Waals surface area contributed by atoms with Crippen molar-refractivity contribution in [1.82, 2.24) is 4.57 Å². The maximum atomic E-state index is 13.1. The van der Waals surface area contributed by atoms with E-state index < -0.39 is 0 Å². The first-order valence-electron chi connectivity index (χ1n) is 8.61. The summed E-state index contributed by atoms with van der Waals surface area (Å²) in [6.45, 7) is 2.63. The number of nitrogens with zero attached hydrogens (tertiary/aromatic N) is 3. The lowest BCUT2D eigenvalue weighted by Crippen LogP contribution is -3.00. The average molecular weight is 452 g/mol. The molecule has 0 saturated heterocycles. The average Bonchev–Trinajstić information content (AvgIpc) is 3.15. The van der Waals surface area contributed by atoms with Gasteiger partial charge in [0, 0.05) is 31.8 Å². The second-order valence-electron chi connectivity index (χ2n) is 6.25. The van der Waals surface area contributed by atoms with Crippen LogP contribution in [0.15, 0.2) is 52.3 Å². The molecule has 0 radical (unpaired) electrons. The van der Waals surface area contributed by atoms with Gasteiger partial charge in [0.2, 0.25) is 5.69 Å². The van der Waals surface area contributed by atoms with Crippen LogP contribution in [0.4, 0.5) is 5.69 Å². The molecular weight excluding hydrogens is 433 g/mol. The number of benzene rings is 1. The highest BCUT2D eigenvalue weighted by Gasteiger charge is 2.26. The number of thioether (sulfide) groups is 1. The number of rotatable bonds is 2. The Hall–Kier alpha value is -1.73. The standard InChI is InChI=1S/C20H19ClN3OS2.ClH/c1-4-24-16(12-13-8-5-6-11-22(13)2)26-18(19(24)25)20-23(3)15-10-7-9-14(21)17(15)27-20;/h5-12H,4H2,1-3H3;1H/q+1;/p-1/b20-18+;. The van der Waals surface area contributed by atoms with Gasteiger partial charge < -0.3 is 17.3 Å². The molecule has 8 heteroatoms. The molecule has 0 saturated carbocycles. The zero-order valence-electron chi connectivity index (χ0n) is 15.6. The van der Waals surface area contributed by atoms with Crippen molar-refractivity contribution in [3.63, 3.8) is 0 Å². The van der Waals surface area contributed by atoms with E-state index in [0.717, 1.165) is 35.5 Å². The molecule has 4 rings (SSSR count). The Balaban J connectivity index is 0.00000225. The van der Waals surface area contributed by atoms with Gasteiger partial charge in [-0.2, -0.15) is 0 Å². The van der Waals surface area contributed by atoms with Crippen LogP contribution < -0.4 is 36.6 Å². The van der Waals surface area contributed by atoms with Gasteiger partial charge in [-0.05, 0) is 25.1 Å². The molecule has 146 valence electrons. The number of halogens is 2. The normalized spacial score (nSPS) is 15.6. The summed E-state index contributed by atoms with van der Waals surface area (Å²) in [7, 11) is 3.99. The minimum absolute atomic E-state index is 0. The number of hydrogen-bond donors (Lipinski definition) is 0. The van der Waals surface area contributed by atoms with Crippen molar-refractivity contribution >= 4 is 51.5 Å². The Kier molecular flexibility index (Phi) is 6.25. The van der Waals surface area contributed by atoms with Crippen molar-refractivity contribution in [1.29, 1.82) is 0 Å². The molecule has 0 unspecified atom stereocenters. The van der Waals surface area contributed by atoms with Crippen LogP contribution in [0.3, 0.4) is 0 Å². The molecule has 0 fully saturated rings. The third-order valence-corrected chi connectivity index (χ3v) is 7.58. The molecule has 0 N–H and O–H groups in total. The van der Waals surface area contributed by atoms with E-state index in [2.05, 4.69) is 11.0 Å². The fourth-order valence-corrected chi connectivity index (χ4v) is 5.87. The van der Waals surface area contributed by atoms with E-state index in [1.165, 1.54) is 11.3 Å². The smallest absolute Gasteiger partial charge is 0.271 e. The summed E-state index contributed by atoms with van der Waals surface area (Å²) >= 11 is 9.47. The minimum Gasteiger partial charge on any atom is -1.00 e. The summed E-state index contributed by atoms with van der Waals surface area (Å²) < 4.78 is 5.58. The van der Waals surface area contributed by atoms with E-state index in [-0.39, 0.29) is 18.0 Å². The van der Waals surface area contributed by atoms with Crippen molar-refractivity contribution in [3.8, 4) is 0 Å². The molecule has 1 aliphatic heterocycles. The Morgan fingerprint density at radius 2 is 2.00 bits per heavy atom. The number of pyridine rings is 1. The quantitative estimate of drug-likeness (QED) is 0.494. The highest BCUT2D eigenvalue weighted by atomic mass is 35.5. The number of aryl methyl sites for hydroxylation is 1. The Bertz CT molecular complexity index is 1220. The fourth-order valence-electron chi connectivity index (χ4n) is 3.12. The van der Waals surface area contributed by atoms with Crippen molar-refractivity contribution in [2.24, 2.45) is 7.05 Å². The Morgan fingerprint density at radius 3 is 2.68 bits per heavy atom. The molecule has 1 aromatic carbocycles. The first kappa shape index (κ1) is 21.0. The molecule has 4 nitrogen and oxygen atoms in total. The predicted molar refractivity (Wildman–Crippen MR) is 114 cm³/mol. The second-order valence-corrected chi connectivity index (χ2v) is 8.69. The maximum Gasteiger partial charge on any atom is 0.271 e. The summed E-state index contributed by atoms with van der Waals surface area (Å²) in [5.41, 5.74) is 2.14. The number of thiazole rings is 1. The monoisotopic (exact) mass is 451 g/mol. The van der Waals surface area contributed by atoms with Gasteiger partial charge >= 0.3 is 0 Å². The second kappa shape index (κ2) is 8.33. The van der Waals surface area contributed by atoms with E-state index in [1.807, 2.05) is 72.7 Å². The Labute approximate surface area is 182 Å². The van der Waals surface area contributed by atoms with Gasteiger partial charge in [-0.3, -0.25) is 9.36 Å². The van der Waals surface area contributed by atoms with Crippen LogP contribution >= 0.6 is 34.7 Å². The van der Waals surface area contributed by atoms with Crippen LogP contribution in [0.1, 0.15) is 12.6 Å². The highest BCUT2D eigenvalue weighted by Crippen LogP contribution is 2.48. The molecule has 0 atom stereocenters. The highest BCUT2D eigenvalue weighted by molar-refractivity contribution is 8.08. The minimum atomic E-state index is 0. The predicted octanol–water partition coefficient (Wildman–Crippen LogP) is -0.452. The molecule has 0 aliphatic carbocycles. The third-order valence-electron chi connectivity index (χ3n) is 4.60. The third kappa shape index (κ3) is 3.50. The van der Waals surface area contributed by atoms with Crippen molar-refractivity contribution in [2.75, 3.05) is 11.9 Å². The molecule has 0 amide bonds. The molecular formula is C20H19Cl2N3OS2. The lowest BCUT2D eigenvalue weighted by Gasteiger charge is -2.12. The summed E-state index contributed by atoms with van der Waals surface area (Å²) in [6, 6.07) is 11.9. The van der Waals surface area contributed by atoms with E-state index in [0.29, 0.717) is 6.54 Å². The molecule has 3 aromatic rings. The van der Waals surface area contributed by atoms with Gasteiger partial charge in [0.15, 0.2) is 6.20 Å². The van der Waals surface area contributed by atoms with Crippen LogP contribution in [0.2, 0.25) is 5.02 Å². The van der Waals surface area contributed by atoms with Crippen molar-refractivity contribution in [3.05, 3.63) is 72.9 Å². The van der Waals surface area contributed by atoms with Gasteiger partial charge in [-0.15, -0.1) is 11.3 Å². The topological polar surface area (TPSA) is 29.1 Å². The lowest BCUT2D eigenvalue weighted by atomic mass is 10.3. The number of fused-ring (bicyclic) bond motifs is 1. The zero-order valence-corrected chi connectivity index (χ0v) is 18.8. The molecule has 2 aromatic heterocycles. The number of aromatic nitrogens is 2. The van der Waals surface area contributed by atoms with Crippen molar-refractivity contribution < 1.29 is 17.0 Å². The van der Waals surface area contributed by atoms with Gasteiger partial charge in [-0.25, -0.2) is 4.57 Å². The molecule has 3 heterocycles. The number of hydrogen-bond acceptors (Lipinski definition) is 4. The van der Waals surface area contributed by atoms with Crippen LogP contribution in [0.25, 0.3) is 11.1 Å². The van der Waals surface area contributed by atoms with Crippen LogP contribution in [-0.4, -0.2) is 11.6 Å². The van der Waals surface area contributed by atoms with Gasteiger partial charge in [0.1, 0.15) is 21.3 Å². The molecule has 0 spiro atoms. The van der Waals surface area contributed by atoms with Gasteiger partial charge in [0.05, 0.1) is 15.6 Å². The summed E-state index contributed by atoms with van der Waals surface area (Å²) in [6.07, 6.45) is 4.07. The molecule has 0 bridgehead atoms. The van der Waals surface area contributed by atoms with E-state index in [9.17, 15) is 4.79 Å². The summed E-state index contributed by atoms with van der Waals surface area (Å²) in [5.74, 6) is 0. The zero-order chi connectivity index (χ0) is 19.1. The number of anilines is 1. The van der Waals surface area contributed by atoms with Crippen LogP contribution in [-0.2, 0) is 13.6 Å². The lowest BCUT2D eigenvalue weighted by molar-refractivity contribution is -0.673. The molecule has 28 heavy (non-hydrogen) atoms. The van der Waals surface area contributed by atoms with E-state index in [4.69, 9.17) is 11.6 Å². The van der Waals surface area contributed by atoms with Gasteiger partial charge in [-0.1, -0.05) is 29.4 Å². The largest absolute Gasteiger partial charge is 1.00 e.